The first-order chi connectivity index (χ1) is 10.5. The van der Waals surface area contributed by atoms with Gasteiger partial charge in [-0.1, -0.05) is 6.07 Å². The Morgan fingerprint density at radius 2 is 2.00 bits per heavy atom. The van der Waals surface area contributed by atoms with Crippen molar-refractivity contribution in [1.82, 2.24) is 19.3 Å². The monoisotopic (exact) mass is 323 g/mol. The standard InChI is InChI=1S/C13H8F3N5S/c14-13(15,16)8-5-9(7-17-6-8)19-12-20-11(21-22-12)10-3-1-2-4-18-10/h1-7H,(H,19,20,21). The summed E-state index contributed by atoms with van der Waals surface area (Å²) in [5.74, 6) is 0.410. The predicted molar refractivity (Wildman–Crippen MR) is 75.7 cm³/mol. The number of halogens is 3. The molecule has 0 spiro atoms. The van der Waals surface area contributed by atoms with Gasteiger partial charge in [0.05, 0.1) is 17.4 Å². The van der Waals surface area contributed by atoms with Gasteiger partial charge in [0.25, 0.3) is 0 Å². The van der Waals surface area contributed by atoms with Gasteiger partial charge in [-0.15, -0.1) is 0 Å². The van der Waals surface area contributed by atoms with Crippen molar-refractivity contribution >= 4 is 22.4 Å². The largest absolute Gasteiger partial charge is 0.417 e. The molecule has 0 aromatic carbocycles. The van der Waals surface area contributed by atoms with Crippen LogP contribution in [0.25, 0.3) is 11.5 Å². The summed E-state index contributed by atoms with van der Waals surface area (Å²) in [6.07, 6.45) is -0.771. The van der Waals surface area contributed by atoms with E-state index in [0.717, 1.165) is 23.8 Å². The van der Waals surface area contributed by atoms with Crippen LogP contribution in [-0.4, -0.2) is 19.3 Å². The lowest BCUT2D eigenvalue weighted by Gasteiger charge is -2.07. The zero-order valence-corrected chi connectivity index (χ0v) is 11.7. The van der Waals surface area contributed by atoms with E-state index in [0.29, 0.717) is 16.6 Å². The summed E-state index contributed by atoms with van der Waals surface area (Å²) in [6, 6.07) is 6.28. The Bertz CT molecular complexity index is 773. The van der Waals surface area contributed by atoms with Crippen LogP contribution in [0.1, 0.15) is 5.56 Å². The number of nitrogens with zero attached hydrogens (tertiary/aromatic N) is 4. The summed E-state index contributed by atoms with van der Waals surface area (Å²) < 4.78 is 42.0. The molecule has 112 valence electrons. The molecule has 5 nitrogen and oxygen atoms in total. The molecule has 1 N–H and O–H groups in total. The van der Waals surface area contributed by atoms with Crippen molar-refractivity contribution < 1.29 is 13.2 Å². The van der Waals surface area contributed by atoms with Crippen molar-refractivity contribution in [3.63, 3.8) is 0 Å². The molecule has 0 bridgehead atoms. The molecule has 3 aromatic rings. The second-order valence-corrected chi connectivity index (χ2v) is 4.98. The number of anilines is 2. The Morgan fingerprint density at radius 3 is 2.73 bits per heavy atom. The number of nitrogens with one attached hydrogen (secondary N) is 1. The maximum absolute atomic E-state index is 12.6. The highest BCUT2D eigenvalue weighted by atomic mass is 32.1. The van der Waals surface area contributed by atoms with Crippen LogP contribution >= 0.6 is 11.5 Å². The Kier molecular flexibility index (Phi) is 3.72. The SMILES string of the molecule is FC(F)(F)c1cncc(Nc2nc(-c3ccccn3)ns2)c1. The highest BCUT2D eigenvalue weighted by molar-refractivity contribution is 7.09. The number of aromatic nitrogens is 4. The van der Waals surface area contributed by atoms with E-state index in [2.05, 4.69) is 24.6 Å². The number of alkyl halides is 3. The molecule has 0 saturated carbocycles. The third kappa shape index (κ3) is 3.19. The van der Waals surface area contributed by atoms with E-state index >= 15 is 0 Å². The molecule has 0 radical (unpaired) electrons. The smallest absolute Gasteiger partial charge is 0.329 e. The molecule has 0 aliphatic heterocycles. The summed E-state index contributed by atoms with van der Waals surface area (Å²) in [5.41, 5.74) is -0.0422. The van der Waals surface area contributed by atoms with Crippen LogP contribution < -0.4 is 5.32 Å². The molecule has 3 rings (SSSR count). The van der Waals surface area contributed by atoms with Crippen LogP contribution in [0.3, 0.4) is 0 Å². The van der Waals surface area contributed by atoms with Gasteiger partial charge in [0.1, 0.15) is 5.69 Å². The quantitative estimate of drug-likeness (QED) is 0.795. The minimum atomic E-state index is -4.44. The fourth-order valence-corrected chi connectivity index (χ4v) is 2.26. The first kappa shape index (κ1) is 14.4. The molecule has 0 saturated heterocycles. The van der Waals surface area contributed by atoms with Gasteiger partial charge in [-0.3, -0.25) is 9.97 Å². The maximum atomic E-state index is 12.6. The average molecular weight is 323 g/mol. The zero-order valence-electron chi connectivity index (χ0n) is 10.9. The normalized spacial score (nSPS) is 11.4. The van der Waals surface area contributed by atoms with E-state index < -0.39 is 11.7 Å². The van der Waals surface area contributed by atoms with Gasteiger partial charge < -0.3 is 5.32 Å². The molecule has 3 heterocycles. The summed E-state index contributed by atoms with van der Waals surface area (Å²) >= 11 is 1.03. The predicted octanol–water partition coefficient (Wildman–Crippen LogP) is 3.76. The summed E-state index contributed by atoms with van der Waals surface area (Å²) in [5, 5.41) is 3.12. The Labute approximate surface area is 127 Å². The van der Waals surface area contributed by atoms with Crippen LogP contribution in [0, 0.1) is 0 Å². The van der Waals surface area contributed by atoms with Gasteiger partial charge in [0.15, 0.2) is 5.82 Å². The lowest BCUT2D eigenvalue weighted by atomic mass is 10.2. The van der Waals surface area contributed by atoms with E-state index in [4.69, 9.17) is 0 Å². The van der Waals surface area contributed by atoms with Crippen molar-refractivity contribution in [3.8, 4) is 11.5 Å². The van der Waals surface area contributed by atoms with Crippen molar-refractivity contribution in [3.05, 3.63) is 48.4 Å². The van der Waals surface area contributed by atoms with Crippen LogP contribution in [0.5, 0.6) is 0 Å². The van der Waals surface area contributed by atoms with Crippen LogP contribution in [-0.2, 0) is 6.18 Å². The molecular weight excluding hydrogens is 315 g/mol. The Balaban J connectivity index is 1.81. The van der Waals surface area contributed by atoms with Crippen molar-refractivity contribution in [1.29, 1.82) is 0 Å². The molecule has 0 aliphatic rings. The number of rotatable bonds is 3. The van der Waals surface area contributed by atoms with Crippen LogP contribution in [0.15, 0.2) is 42.9 Å². The molecule has 22 heavy (non-hydrogen) atoms. The van der Waals surface area contributed by atoms with Gasteiger partial charge in [0.2, 0.25) is 5.13 Å². The fraction of sp³-hybridized carbons (Fsp3) is 0.0769. The molecule has 0 amide bonds. The topological polar surface area (TPSA) is 63.6 Å². The average Bonchev–Trinajstić information content (AvgIpc) is 2.96. The second kappa shape index (κ2) is 5.68. The fourth-order valence-electron chi connectivity index (χ4n) is 1.66. The second-order valence-electron chi connectivity index (χ2n) is 4.22. The van der Waals surface area contributed by atoms with Crippen molar-refractivity contribution in [2.45, 2.75) is 6.18 Å². The molecule has 0 atom stereocenters. The molecule has 0 fully saturated rings. The van der Waals surface area contributed by atoms with Crippen molar-refractivity contribution in [2.75, 3.05) is 5.32 Å². The minimum absolute atomic E-state index is 0.193. The van der Waals surface area contributed by atoms with E-state index in [1.165, 1.54) is 6.20 Å². The summed E-state index contributed by atoms with van der Waals surface area (Å²) in [6.45, 7) is 0. The number of hydrogen-bond donors (Lipinski definition) is 1. The number of pyridine rings is 2. The van der Waals surface area contributed by atoms with E-state index in [1.807, 2.05) is 0 Å². The van der Waals surface area contributed by atoms with Gasteiger partial charge in [0, 0.05) is 23.9 Å². The summed E-state index contributed by atoms with van der Waals surface area (Å²) in [7, 11) is 0. The van der Waals surface area contributed by atoms with E-state index in [-0.39, 0.29) is 5.69 Å². The first-order valence-electron chi connectivity index (χ1n) is 6.07. The van der Waals surface area contributed by atoms with Gasteiger partial charge in [-0.05, 0) is 18.2 Å². The van der Waals surface area contributed by atoms with Gasteiger partial charge in [-0.25, -0.2) is 0 Å². The third-order valence-electron chi connectivity index (χ3n) is 2.64. The van der Waals surface area contributed by atoms with Gasteiger partial charge >= 0.3 is 6.18 Å². The Hall–Kier alpha value is -2.55. The molecule has 3 aromatic heterocycles. The molecule has 0 unspecified atom stereocenters. The lowest BCUT2D eigenvalue weighted by molar-refractivity contribution is -0.137. The van der Waals surface area contributed by atoms with Crippen LogP contribution in [0.2, 0.25) is 0 Å². The summed E-state index contributed by atoms with van der Waals surface area (Å²) in [4.78, 5) is 11.9. The minimum Gasteiger partial charge on any atom is -0.329 e. The first-order valence-corrected chi connectivity index (χ1v) is 6.84. The van der Waals surface area contributed by atoms with Crippen LogP contribution in [0.4, 0.5) is 24.0 Å². The van der Waals surface area contributed by atoms with Gasteiger partial charge in [-0.2, -0.15) is 22.5 Å². The third-order valence-corrected chi connectivity index (χ3v) is 3.27. The van der Waals surface area contributed by atoms with Crippen molar-refractivity contribution in [2.24, 2.45) is 0 Å². The number of hydrogen-bond acceptors (Lipinski definition) is 6. The highest BCUT2D eigenvalue weighted by Crippen LogP contribution is 2.31. The Morgan fingerprint density at radius 1 is 1.14 bits per heavy atom. The zero-order chi connectivity index (χ0) is 15.6. The van der Waals surface area contributed by atoms with E-state index in [9.17, 15) is 13.2 Å². The lowest BCUT2D eigenvalue weighted by Crippen LogP contribution is -2.06. The maximum Gasteiger partial charge on any atom is 0.417 e. The molecule has 9 heteroatoms. The van der Waals surface area contributed by atoms with E-state index in [1.54, 1.807) is 24.4 Å². The molecular formula is C13H8F3N5S. The highest BCUT2D eigenvalue weighted by Gasteiger charge is 2.31. The molecule has 0 aliphatic carbocycles.